The van der Waals surface area contributed by atoms with Crippen LogP contribution in [0.1, 0.15) is 39.7 Å². The van der Waals surface area contributed by atoms with Gasteiger partial charge in [-0.15, -0.1) is 0 Å². The van der Waals surface area contributed by atoms with Crippen LogP contribution in [0.5, 0.6) is 0 Å². The molecule has 1 heterocycles. The summed E-state index contributed by atoms with van der Waals surface area (Å²) in [6, 6.07) is 13.7. The van der Waals surface area contributed by atoms with Crippen LogP contribution in [0.15, 0.2) is 53.4 Å². The van der Waals surface area contributed by atoms with Crippen LogP contribution in [0, 0.1) is 5.92 Å². The van der Waals surface area contributed by atoms with Crippen molar-refractivity contribution in [2.75, 3.05) is 29.9 Å². The second-order valence-electron chi connectivity index (χ2n) is 8.54. The number of hydrogen-bond acceptors (Lipinski definition) is 5. The first-order valence-electron chi connectivity index (χ1n) is 11.6. The third kappa shape index (κ3) is 6.02. The van der Waals surface area contributed by atoms with E-state index in [9.17, 15) is 18.0 Å². The van der Waals surface area contributed by atoms with E-state index in [2.05, 4.69) is 5.32 Å². The van der Waals surface area contributed by atoms with Crippen LogP contribution >= 0.6 is 0 Å². The van der Waals surface area contributed by atoms with Crippen molar-refractivity contribution < 1.29 is 22.7 Å². The molecule has 0 aromatic heterocycles. The van der Waals surface area contributed by atoms with Crippen molar-refractivity contribution in [3.05, 3.63) is 54.1 Å². The molecule has 2 aromatic rings. The Balaban J connectivity index is 1.66. The summed E-state index contributed by atoms with van der Waals surface area (Å²) in [5, 5.41) is 2.90. The predicted octanol–water partition coefficient (Wildman–Crippen LogP) is 3.63. The van der Waals surface area contributed by atoms with Gasteiger partial charge in [-0.05, 0) is 55.8 Å². The van der Waals surface area contributed by atoms with E-state index >= 15 is 0 Å². The van der Waals surface area contributed by atoms with Crippen LogP contribution in [-0.2, 0) is 31.0 Å². The number of sulfonamides is 1. The SMILES string of the molecule is CCN(CC)S(=O)(=O)c1ccc(N2CC(C(=O)Nc3cccc(COC(C)C)c3)CC2=O)cc1. The summed E-state index contributed by atoms with van der Waals surface area (Å²) in [7, 11) is -3.57. The maximum absolute atomic E-state index is 12.8. The molecule has 3 rings (SSSR count). The molecule has 1 aliphatic heterocycles. The summed E-state index contributed by atoms with van der Waals surface area (Å²) in [5.74, 6) is -0.890. The zero-order valence-corrected chi connectivity index (χ0v) is 21.0. The summed E-state index contributed by atoms with van der Waals surface area (Å²) in [4.78, 5) is 27.2. The van der Waals surface area contributed by atoms with Crippen molar-refractivity contribution in [2.24, 2.45) is 5.92 Å². The number of carbonyl (C=O) groups excluding carboxylic acids is 2. The second-order valence-corrected chi connectivity index (χ2v) is 10.5. The number of hydrogen-bond donors (Lipinski definition) is 1. The Hall–Kier alpha value is -2.75. The van der Waals surface area contributed by atoms with Gasteiger partial charge >= 0.3 is 0 Å². The summed E-state index contributed by atoms with van der Waals surface area (Å²) in [6.45, 7) is 8.97. The third-order valence-electron chi connectivity index (χ3n) is 5.77. The highest BCUT2D eigenvalue weighted by atomic mass is 32.2. The molecule has 0 bridgehead atoms. The molecule has 1 N–H and O–H groups in total. The van der Waals surface area contributed by atoms with Gasteiger partial charge in [0.2, 0.25) is 21.8 Å². The van der Waals surface area contributed by atoms with E-state index in [1.54, 1.807) is 32.0 Å². The van der Waals surface area contributed by atoms with Crippen molar-refractivity contribution in [3.63, 3.8) is 0 Å². The van der Waals surface area contributed by atoms with Gasteiger partial charge in [0.1, 0.15) is 0 Å². The molecule has 1 atom stereocenters. The van der Waals surface area contributed by atoms with Gasteiger partial charge in [0.05, 0.1) is 23.5 Å². The van der Waals surface area contributed by atoms with Crippen LogP contribution in [-0.4, -0.2) is 50.3 Å². The zero-order valence-electron chi connectivity index (χ0n) is 20.2. The lowest BCUT2D eigenvalue weighted by atomic mass is 10.1. The van der Waals surface area contributed by atoms with Crippen LogP contribution in [0.4, 0.5) is 11.4 Å². The fourth-order valence-electron chi connectivity index (χ4n) is 3.89. The van der Waals surface area contributed by atoms with E-state index in [1.165, 1.54) is 21.3 Å². The molecule has 0 spiro atoms. The Bertz CT molecular complexity index is 1110. The Kier molecular flexibility index (Phi) is 8.46. The van der Waals surface area contributed by atoms with Gasteiger partial charge in [-0.2, -0.15) is 4.31 Å². The van der Waals surface area contributed by atoms with Gasteiger partial charge in [0.15, 0.2) is 0 Å². The monoisotopic (exact) mass is 487 g/mol. The molecule has 1 unspecified atom stereocenters. The van der Waals surface area contributed by atoms with Gasteiger partial charge in [0, 0.05) is 37.4 Å². The Labute approximate surface area is 201 Å². The van der Waals surface area contributed by atoms with Gasteiger partial charge in [-0.25, -0.2) is 8.42 Å². The minimum absolute atomic E-state index is 0.0987. The molecule has 8 nitrogen and oxygen atoms in total. The van der Waals surface area contributed by atoms with E-state index < -0.39 is 15.9 Å². The van der Waals surface area contributed by atoms with Gasteiger partial charge in [-0.1, -0.05) is 26.0 Å². The average molecular weight is 488 g/mol. The number of benzene rings is 2. The Morgan fingerprint density at radius 1 is 1.15 bits per heavy atom. The summed E-state index contributed by atoms with van der Waals surface area (Å²) in [6.07, 6.45) is 0.210. The molecule has 0 aliphatic carbocycles. The van der Waals surface area contributed by atoms with Crippen molar-refractivity contribution in [3.8, 4) is 0 Å². The molecule has 9 heteroatoms. The molecule has 34 heavy (non-hydrogen) atoms. The normalized spacial score (nSPS) is 16.5. The number of ether oxygens (including phenoxy) is 1. The third-order valence-corrected chi connectivity index (χ3v) is 7.83. The highest BCUT2D eigenvalue weighted by Crippen LogP contribution is 2.28. The lowest BCUT2D eigenvalue weighted by Crippen LogP contribution is -2.31. The van der Waals surface area contributed by atoms with E-state index in [-0.39, 0.29) is 35.8 Å². The van der Waals surface area contributed by atoms with Crippen LogP contribution < -0.4 is 10.2 Å². The topological polar surface area (TPSA) is 96.0 Å². The van der Waals surface area contributed by atoms with E-state index in [1.807, 2.05) is 32.0 Å². The number of nitrogens with one attached hydrogen (secondary N) is 1. The van der Waals surface area contributed by atoms with Crippen LogP contribution in [0.2, 0.25) is 0 Å². The summed E-state index contributed by atoms with van der Waals surface area (Å²) >= 11 is 0. The largest absolute Gasteiger partial charge is 0.374 e. The molecule has 0 saturated carbocycles. The van der Waals surface area contributed by atoms with Crippen LogP contribution in [0.3, 0.4) is 0 Å². The average Bonchev–Trinajstić information content (AvgIpc) is 3.20. The zero-order chi connectivity index (χ0) is 24.9. The van der Waals surface area contributed by atoms with Gasteiger partial charge in [-0.3, -0.25) is 9.59 Å². The lowest BCUT2D eigenvalue weighted by Gasteiger charge is -2.20. The molecule has 0 radical (unpaired) electrons. The first-order chi connectivity index (χ1) is 16.1. The van der Waals surface area contributed by atoms with E-state index in [0.29, 0.717) is 31.1 Å². The fourth-order valence-corrected chi connectivity index (χ4v) is 5.35. The summed E-state index contributed by atoms with van der Waals surface area (Å²) < 4.78 is 32.4. The van der Waals surface area contributed by atoms with Crippen molar-refractivity contribution in [1.29, 1.82) is 0 Å². The number of carbonyl (C=O) groups is 2. The predicted molar refractivity (Wildman–Crippen MR) is 132 cm³/mol. The lowest BCUT2D eigenvalue weighted by molar-refractivity contribution is -0.122. The molecule has 1 saturated heterocycles. The number of amides is 2. The molecule has 2 aromatic carbocycles. The minimum atomic E-state index is -3.57. The maximum Gasteiger partial charge on any atom is 0.243 e. The fraction of sp³-hybridized carbons (Fsp3) is 0.440. The van der Waals surface area contributed by atoms with Crippen LogP contribution in [0.25, 0.3) is 0 Å². The molecular formula is C25H33N3O5S. The van der Waals surface area contributed by atoms with Crippen molar-refractivity contribution in [1.82, 2.24) is 4.31 Å². The standard InChI is InChI=1S/C25H33N3O5S/c1-5-27(6-2)34(31,32)23-12-10-22(11-13-23)28-16-20(15-24(28)29)25(30)26-21-9-7-8-19(14-21)17-33-18(3)4/h7-14,18,20H,5-6,15-17H2,1-4H3,(H,26,30). The van der Waals surface area contributed by atoms with Gasteiger partial charge < -0.3 is 15.0 Å². The minimum Gasteiger partial charge on any atom is -0.374 e. The van der Waals surface area contributed by atoms with Crippen molar-refractivity contribution >= 4 is 33.2 Å². The first kappa shape index (κ1) is 25.9. The summed E-state index contributed by atoms with van der Waals surface area (Å²) in [5.41, 5.74) is 2.19. The smallest absolute Gasteiger partial charge is 0.243 e. The quantitative estimate of drug-likeness (QED) is 0.552. The highest BCUT2D eigenvalue weighted by molar-refractivity contribution is 7.89. The number of rotatable bonds is 10. The van der Waals surface area contributed by atoms with E-state index in [0.717, 1.165) is 5.56 Å². The molecule has 2 amide bonds. The number of nitrogens with zero attached hydrogens (tertiary/aromatic N) is 2. The maximum atomic E-state index is 12.8. The van der Waals surface area contributed by atoms with Crippen molar-refractivity contribution in [2.45, 2.75) is 51.7 Å². The van der Waals surface area contributed by atoms with E-state index in [4.69, 9.17) is 4.74 Å². The first-order valence-corrected chi connectivity index (χ1v) is 13.0. The molecule has 184 valence electrons. The van der Waals surface area contributed by atoms with Gasteiger partial charge in [0.25, 0.3) is 0 Å². The molecule has 1 aliphatic rings. The highest BCUT2D eigenvalue weighted by Gasteiger charge is 2.35. The molecular weight excluding hydrogens is 454 g/mol. The molecule has 1 fully saturated rings. The number of anilines is 2. The second kappa shape index (κ2) is 11.1. The Morgan fingerprint density at radius 3 is 2.44 bits per heavy atom. The Morgan fingerprint density at radius 2 is 1.82 bits per heavy atom.